The molecule has 0 amide bonds. The number of hydrogen-bond acceptors (Lipinski definition) is 2. The zero-order valence-electron chi connectivity index (χ0n) is 8.24. The summed E-state index contributed by atoms with van der Waals surface area (Å²) in [5.41, 5.74) is 2.22. The van der Waals surface area contributed by atoms with Gasteiger partial charge in [-0.15, -0.1) is 0 Å². The highest BCUT2D eigenvalue weighted by molar-refractivity contribution is 6.46. The molecule has 0 atom stereocenters. The number of hydrogen-bond donors (Lipinski definition) is 0. The van der Waals surface area contributed by atoms with Gasteiger partial charge in [-0.2, -0.15) is 5.10 Å². The molecule has 4 heteroatoms. The second-order valence-corrected chi connectivity index (χ2v) is 4.26. The van der Waals surface area contributed by atoms with E-state index < -0.39 is 0 Å². The van der Waals surface area contributed by atoms with Crippen molar-refractivity contribution < 1.29 is 0 Å². The molecule has 1 aromatic carbocycles. The Labute approximate surface area is 98.8 Å². The zero-order chi connectivity index (χ0) is 10.8. The van der Waals surface area contributed by atoms with Gasteiger partial charge < -0.3 is 0 Å². The van der Waals surface area contributed by atoms with E-state index in [1.165, 1.54) is 5.56 Å². The lowest BCUT2D eigenvalue weighted by Gasteiger charge is -2.22. The average Bonchev–Trinajstić information content (AvgIpc) is 2.22. The van der Waals surface area contributed by atoms with E-state index in [0.717, 1.165) is 5.69 Å². The molecule has 78 valence electrons. The van der Waals surface area contributed by atoms with Crippen molar-refractivity contribution in [3.63, 3.8) is 0 Å². The van der Waals surface area contributed by atoms with E-state index in [-0.39, 0.29) is 0 Å². The molecule has 0 N–H and O–H groups in total. The fraction of sp³-hybridized carbons (Fsp3) is 0.182. The van der Waals surface area contributed by atoms with Gasteiger partial charge in [-0.3, -0.25) is 5.01 Å². The number of rotatable bonds is 1. The van der Waals surface area contributed by atoms with Gasteiger partial charge >= 0.3 is 0 Å². The van der Waals surface area contributed by atoms with Crippen molar-refractivity contribution in [3.8, 4) is 0 Å². The van der Waals surface area contributed by atoms with Crippen LogP contribution in [0.1, 0.15) is 5.56 Å². The van der Waals surface area contributed by atoms with Crippen molar-refractivity contribution >= 4 is 35.1 Å². The van der Waals surface area contributed by atoms with E-state index in [0.29, 0.717) is 16.6 Å². The van der Waals surface area contributed by atoms with Crippen LogP contribution in [0.5, 0.6) is 0 Å². The Hall–Kier alpha value is -0.990. The first kappa shape index (κ1) is 10.5. The highest BCUT2D eigenvalue weighted by Crippen LogP contribution is 2.24. The normalized spacial score (nSPS) is 16.1. The molecule has 15 heavy (non-hydrogen) atoms. The molecule has 0 radical (unpaired) electrons. The molecule has 0 spiro atoms. The first-order valence-corrected chi connectivity index (χ1v) is 5.35. The van der Waals surface area contributed by atoms with E-state index in [1.54, 1.807) is 6.21 Å². The molecule has 0 saturated heterocycles. The minimum absolute atomic E-state index is 0.514. The van der Waals surface area contributed by atoms with Crippen LogP contribution >= 0.6 is 23.2 Å². The molecule has 0 saturated carbocycles. The number of aryl methyl sites for hydroxylation is 1. The third-order valence-electron chi connectivity index (χ3n) is 2.16. The molecule has 2 rings (SSSR count). The molecule has 0 unspecified atom stereocenters. The summed E-state index contributed by atoms with van der Waals surface area (Å²) in [5.74, 6) is 0. The van der Waals surface area contributed by atoms with Gasteiger partial charge in [-0.1, -0.05) is 35.3 Å². The van der Waals surface area contributed by atoms with Crippen LogP contribution in [0.4, 0.5) is 5.69 Å². The molecule has 1 aliphatic rings. The second kappa shape index (κ2) is 4.25. The van der Waals surface area contributed by atoms with Crippen LogP contribution in [0, 0.1) is 6.92 Å². The molecule has 0 fully saturated rings. The lowest BCUT2D eigenvalue weighted by atomic mass is 10.2. The Balaban J connectivity index is 2.25. The van der Waals surface area contributed by atoms with Crippen LogP contribution in [0.2, 0.25) is 0 Å². The van der Waals surface area contributed by atoms with Crippen LogP contribution in [0.25, 0.3) is 0 Å². The van der Waals surface area contributed by atoms with Gasteiger partial charge in [-0.05, 0) is 24.6 Å². The molecule has 0 aliphatic carbocycles. The predicted molar refractivity (Wildman–Crippen MR) is 65.7 cm³/mol. The van der Waals surface area contributed by atoms with E-state index in [2.05, 4.69) is 11.2 Å². The summed E-state index contributed by atoms with van der Waals surface area (Å²) >= 11 is 11.8. The molecule has 0 aromatic heterocycles. The summed E-state index contributed by atoms with van der Waals surface area (Å²) in [6, 6.07) is 8.09. The summed E-state index contributed by atoms with van der Waals surface area (Å²) in [7, 11) is 0. The Morgan fingerprint density at radius 3 is 2.80 bits per heavy atom. The molecule has 1 heterocycles. The Kier molecular flexibility index (Phi) is 2.98. The standard InChI is InChI=1S/C11H10Cl2N2/c1-8-3-2-4-9(5-8)15-7-11(13)10(12)6-14-15/h2-6H,7H2,1H3. The maximum atomic E-state index is 5.97. The summed E-state index contributed by atoms with van der Waals surface area (Å²) in [4.78, 5) is 0. The Bertz CT molecular complexity index is 438. The number of allylic oxidation sites excluding steroid dienone is 1. The quantitative estimate of drug-likeness (QED) is 0.734. The van der Waals surface area contributed by atoms with Gasteiger partial charge in [0.1, 0.15) is 0 Å². The topological polar surface area (TPSA) is 15.6 Å². The van der Waals surface area contributed by atoms with Crippen LogP contribution in [-0.2, 0) is 0 Å². The second-order valence-electron chi connectivity index (χ2n) is 3.39. The van der Waals surface area contributed by atoms with Crippen LogP contribution in [-0.4, -0.2) is 12.8 Å². The van der Waals surface area contributed by atoms with E-state index in [4.69, 9.17) is 23.2 Å². The van der Waals surface area contributed by atoms with Crippen molar-refractivity contribution in [1.29, 1.82) is 0 Å². The minimum atomic E-state index is 0.514. The van der Waals surface area contributed by atoms with E-state index in [9.17, 15) is 0 Å². The summed E-state index contributed by atoms with van der Waals surface area (Å²) in [5, 5.41) is 7.16. The highest BCUT2D eigenvalue weighted by Gasteiger charge is 2.13. The van der Waals surface area contributed by atoms with Gasteiger partial charge in [0, 0.05) is 0 Å². The molecule has 0 bridgehead atoms. The third kappa shape index (κ3) is 2.33. The van der Waals surface area contributed by atoms with E-state index >= 15 is 0 Å². The minimum Gasteiger partial charge on any atom is -0.260 e. The number of anilines is 1. The average molecular weight is 241 g/mol. The van der Waals surface area contributed by atoms with Crippen LogP contribution in [0.3, 0.4) is 0 Å². The third-order valence-corrected chi connectivity index (χ3v) is 2.90. The van der Waals surface area contributed by atoms with E-state index in [1.807, 2.05) is 30.1 Å². The first-order chi connectivity index (χ1) is 7.16. The van der Waals surface area contributed by atoms with Crippen LogP contribution < -0.4 is 5.01 Å². The summed E-state index contributed by atoms with van der Waals surface area (Å²) < 4.78 is 0. The lowest BCUT2D eigenvalue weighted by molar-refractivity contribution is 0.924. The maximum Gasteiger partial charge on any atom is 0.0788 e. The fourth-order valence-electron chi connectivity index (χ4n) is 1.38. The number of hydrazone groups is 1. The smallest absolute Gasteiger partial charge is 0.0788 e. The van der Waals surface area contributed by atoms with Crippen molar-refractivity contribution in [2.75, 3.05) is 11.6 Å². The molecule has 1 aliphatic heterocycles. The van der Waals surface area contributed by atoms with Gasteiger partial charge in [0.05, 0.1) is 28.5 Å². The monoisotopic (exact) mass is 240 g/mol. The van der Waals surface area contributed by atoms with Gasteiger partial charge in [0.15, 0.2) is 0 Å². The predicted octanol–water partition coefficient (Wildman–Crippen LogP) is 3.49. The SMILES string of the molecule is Cc1cccc(N2CC(Cl)=C(Cl)C=N2)c1. The Morgan fingerprint density at radius 1 is 1.33 bits per heavy atom. The lowest BCUT2D eigenvalue weighted by Crippen LogP contribution is -2.21. The van der Waals surface area contributed by atoms with Gasteiger partial charge in [0.2, 0.25) is 0 Å². The van der Waals surface area contributed by atoms with Crippen molar-refractivity contribution in [2.45, 2.75) is 6.92 Å². The largest absolute Gasteiger partial charge is 0.260 e. The molecule has 2 nitrogen and oxygen atoms in total. The first-order valence-electron chi connectivity index (χ1n) is 4.59. The highest BCUT2D eigenvalue weighted by atomic mass is 35.5. The number of benzene rings is 1. The van der Waals surface area contributed by atoms with Gasteiger partial charge in [0.25, 0.3) is 0 Å². The number of halogens is 2. The number of nitrogens with zero attached hydrogens (tertiary/aromatic N) is 2. The van der Waals surface area contributed by atoms with Crippen molar-refractivity contribution in [1.82, 2.24) is 0 Å². The van der Waals surface area contributed by atoms with Crippen molar-refractivity contribution in [3.05, 3.63) is 39.9 Å². The Morgan fingerprint density at radius 2 is 2.13 bits per heavy atom. The molecular formula is C11H10Cl2N2. The zero-order valence-corrected chi connectivity index (χ0v) is 9.76. The maximum absolute atomic E-state index is 5.97. The summed E-state index contributed by atoms with van der Waals surface area (Å²) in [6.07, 6.45) is 1.57. The van der Waals surface area contributed by atoms with Gasteiger partial charge in [-0.25, -0.2) is 0 Å². The summed E-state index contributed by atoms with van der Waals surface area (Å²) in [6.45, 7) is 2.57. The molecular weight excluding hydrogens is 231 g/mol. The molecule has 1 aromatic rings. The fourth-order valence-corrected chi connectivity index (χ4v) is 1.65. The van der Waals surface area contributed by atoms with Crippen molar-refractivity contribution in [2.24, 2.45) is 5.10 Å². The van der Waals surface area contributed by atoms with Crippen LogP contribution in [0.15, 0.2) is 39.4 Å².